The maximum absolute atomic E-state index is 5.85. The third-order valence-electron chi connectivity index (χ3n) is 5.11. The van der Waals surface area contributed by atoms with Crippen molar-refractivity contribution in [3.05, 3.63) is 65.5 Å². The molecule has 0 atom stereocenters. The molecule has 0 aliphatic heterocycles. The first-order valence-electron chi connectivity index (χ1n) is 9.78. The number of methoxy groups -OCH3 is 4. The van der Waals surface area contributed by atoms with Crippen LogP contribution in [0.1, 0.15) is 0 Å². The first-order valence-corrected chi connectivity index (χ1v) is 10.6. The molecule has 0 bridgehead atoms. The summed E-state index contributed by atoms with van der Waals surface area (Å²) in [5.41, 5.74) is 4.00. The lowest BCUT2D eigenvalue weighted by molar-refractivity contribution is 0.394. The van der Waals surface area contributed by atoms with Gasteiger partial charge in [-0.3, -0.25) is 0 Å². The van der Waals surface area contributed by atoms with Gasteiger partial charge in [0.15, 0.2) is 12.2 Å². The highest BCUT2D eigenvalue weighted by atomic mass is 79.9. The molecule has 0 unspecified atom stereocenters. The summed E-state index contributed by atoms with van der Waals surface area (Å²) in [4.78, 5) is 4.47. The lowest BCUT2D eigenvalue weighted by Gasteiger charge is -2.17. The Kier molecular flexibility index (Phi) is 6.37. The van der Waals surface area contributed by atoms with E-state index in [2.05, 4.69) is 20.9 Å². The van der Waals surface area contributed by atoms with Gasteiger partial charge in [-0.15, -0.1) is 0 Å². The lowest BCUT2D eigenvalue weighted by Crippen LogP contribution is -1.97. The van der Waals surface area contributed by atoms with E-state index >= 15 is 0 Å². The Morgan fingerprint density at radius 3 is 2.06 bits per heavy atom. The minimum absolute atomic E-state index is 0.538. The van der Waals surface area contributed by atoms with Crippen LogP contribution in [0.5, 0.6) is 23.0 Å². The van der Waals surface area contributed by atoms with Gasteiger partial charge >= 0.3 is 0 Å². The Bertz CT molecular complexity index is 1210. The van der Waals surface area contributed by atoms with Crippen molar-refractivity contribution in [2.45, 2.75) is 0 Å². The van der Waals surface area contributed by atoms with Crippen molar-refractivity contribution in [2.75, 3.05) is 28.4 Å². The highest BCUT2D eigenvalue weighted by molar-refractivity contribution is 9.10. The smallest absolute Gasteiger partial charge is 0.182 e. The lowest BCUT2D eigenvalue weighted by atomic mass is 9.98. The van der Waals surface area contributed by atoms with E-state index in [-0.39, 0.29) is 0 Å². The number of aromatic nitrogens is 1. The molecule has 4 rings (SSSR count). The van der Waals surface area contributed by atoms with E-state index in [0.717, 1.165) is 21.2 Å². The third-order valence-corrected chi connectivity index (χ3v) is 5.87. The average molecular weight is 496 g/mol. The van der Waals surface area contributed by atoms with E-state index in [1.807, 2.05) is 48.5 Å². The van der Waals surface area contributed by atoms with Gasteiger partial charge in [-0.1, -0.05) is 30.3 Å². The monoisotopic (exact) mass is 495 g/mol. The molecular weight excluding hydrogens is 474 g/mol. The van der Waals surface area contributed by atoms with Gasteiger partial charge in [0.25, 0.3) is 0 Å². The molecule has 0 aliphatic rings. The number of hydrogen-bond acceptors (Lipinski definition) is 6. The van der Waals surface area contributed by atoms with Crippen LogP contribution in [0.4, 0.5) is 0 Å². The molecule has 164 valence electrons. The van der Waals surface area contributed by atoms with E-state index in [9.17, 15) is 0 Å². The molecule has 32 heavy (non-hydrogen) atoms. The SMILES string of the molecule is COc1cc(OC)cc(-c2ncoc2-c2cc(OC)c(-c3ccccc3)c(Br)c2OC)c1. The van der Waals surface area contributed by atoms with Gasteiger partial charge in [0.2, 0.25) is 0 Å². The number of hydrogen-bond donors (Lipinski definition) is 0. The molecule has 7 heteroatoms. The minimum Gasteiger partial charge on any atom is -0.497 e. The maximum Gasteiger partial charge on any atom is 0.182 e. The van der Waals surface area contributed by atoms with Crippen LogP contribution in [-0.4, -0.2) is 33.4 Å². The zero-order valence-electron chi connectivity index (χ0n) is 18.1. The summed E-state index contributed by atoms with van der Waals surface area (Å²) >= 11 is 3.73. The molecule has 0 aliphatic carbocycles. The van der Waals surface area contributed by atoms with E-state index in [1.165, 1.54) is 6.39 Å². The molecule has 1 heterocycles. The molecular formula is C25H22BrNO5. The fraction of sp³-hybridized carbons (Fsp3) is 0.160. The quantitative estimate of drug-likeness (QED) is 0.292. The second kappa shape index (κ2) is 9.36. The van der Waals surface area contributed by atoms with Crippen LogP contribution >= 0.6 is 15.9 Å². The Balaban J connectivity index is 1.94. The number of benzene rings is 3. The predicted octanol–water partition coefficient (Wildman–Crippen LogP) is 6.47. The molecule has 0 radical (unpaired) electrons. The fourth-order valence-electron chi connectivity index (χ4n) is 3.60. The summed E-state index contributed by atoms with van der Waals surface area (Å²) in [6, 6.07) is 17.4. The van der Waals surface area contributed by atoms with E-state index in [1.54, 1.807) is 34.5 Å². The molecule has 6 nitrogen and oxygen atoms in total. The van der Waals surface area contributed by atoms with Gasteiger partial charge in [0.05, 0.1) is 38.5 Å². The number of nitrogens with zero attached hydrogens (tertiary/aromatic N) is 1. The molecule has 4 aromatic rings. The average Bonchev–Trinajstić information content (AvgIpc) is 3.33. The van der Waals surface area contributed by atoms with Gasteiger partial charge in [0.1, 0.15) is 28.7 Å². The predicted molar refractivity (Wildman–Crippen MR) is 127 cm³/mol. The van der Waals surface area contributed by atoms with Gasteiger partial charge in [-0.25, -0.2) is 4.98 Å². The second-order valence-corrected chi connectivity index (χ2v) is 7.64. The standard InChI is InChI=1S/C25H22BrNO5/c1-28-17-10-16(11-18(12-17)29-2)23-25(32-14-27-23)19-13-20(30-3)21(22(26)24(19)31-4)15-8-6-5-7-9-15/h5-14H,1-4H3. The largest absolute Gasteiger partial charge is 0.497 e. The van der Waals surface area contributed by atoms with Crippen LogP contribution in [0.25, 0.3) is 33.7 Å². The Hall–Kier alpha value is -3.45. The van der Waals surface area contributed by atoms with Crippen molar-refractivity contribution < 1.29 is 23.4 Å². The summed E-state index contributed by atoms with van der Waals surface area (Å²) in [5, 5.41) is 0. The van der Waals surface area contributed by atoms with Gasteiger partial charge in [0, 0.05) is 17.2 Å². The Morgan fingerprint density at radius 1 is 0.781 bits per heavy atom. The first-order chi connectivity index (χ1) is 15.6. The molecule has 3 aromatic carbocycles. The molecule has 0 N–H and O–H groups in total. The van der Waals surface area contributed by atoms with Crippen LogP contribution in [0.3, 0.4) is 0 Å². The zero-order valence-corrected chi connectivity index (χ0v) is 19.7. The summed E-state index contributed by atoms with van der Waals surface area (Å²) in [6.07, 6.45) is 1.40. The van der Waals surface area contributed by atoms with Crippen molar-refractivity contribution in [3.8, 4) is 56.7 Å². The zero-order chi connectivity index (χ0) is 22.7. The summed E-state index contributed by atoms with van der Waals surface area (Å²) in [5.74, 6) is 3.12. The van der Waals surface area contributed by atoms with E-state index in [0.29, 0.717) is 40.0 Å². The van der Waals surface area contributed by atoms with Crippen LogP contribution in [0.2, 0.25) is 0 Å². The number of oxazole rings is 1. The van der Waals surface area contributed by atoms with Crippen molar-refractivity contribution in [1.29, 1.82) is 0 Å². The maximum atomic E-state index is 5.85. The minimum atomic E-state index is 0.538. The van der Waals surface area contributed by atoms with Gasteiger partial charge < -0.3 is 23.4 Å². The Morgan fingerprint density at radius 2 is 1.47 bits per heavy atom. The molecule has 0 amide bonds. The molecule has 1 aromatic heterocycles. The van der Waals surface area contributed by atoms with Crippen LogP contribution < -0.4 is 18.9 Å². The highest BCUT2D eigenvalue weighted by Gasteiger charge is 2.25. The topological polar surface area (TPSA) is 63.0 Å². The summed E-state index contributed by atoms with van der Waals surface area (Å²) in [6.45, 7) is 0. The van der Waals surface area contributed by atoms with Crippen LogP contribution in [-0.2, 0) is 0 Å². The van der Waals surface area contributed by atoms with Crippen LogP contribution in [0.15, 0.2) is 69.9 Å². The first kappa shape index (κ1) is 21.8. The summed E-state index contributed by atoms with van der Waals surface area (Å²) in [7, 11) is 6.47. The van der Waals surface area contributed by atoms with Crippen molar-refractivity contribution in [3.63, 3.8) is 0 Å². The van der Waals surface area contributed by atoms with Gasteiger partial charge in [-0.2, -0.15) is 0 Å². The van der Waals surface area contributed by atoms with Gasteiger partial charge in [-0.05, 0) is 39.7 Å². The van der Waals surface area contributed by atoms with Crippen LogP contribution in [0, 0.1) is 0 Å². The van der Waals surface area contributed by atoms with E-state index < -0.39 is 0 Å². The van der Waals surface area contributed by atoms with Crippen molar-refractivity contribution in [1.82, 2.24) is 4.98 Å². The molecule has 0 saturated carbocycles. The number of ether oxygens (including phenoxy) is 4. The fourth-order valence-corrected chi connectivity index (χ4v) is 4.40. The highest BCUT2D eigenvalue weighted by Crippen LogP contribution is 2.49. The number of rotatable bonds is 7. The Labute approximate surface area is 194 Å². The molecule has 0 fully saturated rings. The van der Waals surface area contributed by atoms with E-state index in [4.69, 9.17) is 23.4 Å². The van der Waals surface area contributed by atoms with Crippen molar-refractivity contribution >= 4 is 15.9 Å². The number of halogens is 1. The molecule has 0 saturated heterocycles. The second-order valence-electron chi connectivity index (χ2n) is 6.85. The third kappa shape index (κ3) is 3.91. The normalized spacial score (nSPS) is 10.7. The molecule has 0 spiro atoms. The summed E-state index contributed by atoms with van der Waals surface area (Å²) < 4.78 is 29.0. The van der Waals surface area contributed by atoms with Crippen molar-refractivity contribution in [2.24, 2.45) is 0 Å².